The number of rotatable bonds is 4. The zero-order valence-corrected chi connectivity index (χ0v) is 18.8. The fourth-order valence-electron chi connectivity index (χ4n) is 3.52. The molecule has 0 bridgehead atoms. The molecule has 0 radical (unpaired) electrons. The molecule has 4 aromatic rings. The Labute approximate surface area is 187 Å². The van der Waals surface area contributed by atoms with E-state index in [0.29, 0.717) is 4.89 Å². The van der Waals surface area contributed by atoms with Crippen molar-refractivity contribution in [1.82, 2.24) is 0 Å². The van der Waals surface area contributed by atoms with Crippen LogP contribution in [0.25, 0.3) is 6.08 Å². The van der Waals surface area contributed by atoms with Crippen molar-refractivity contribution in [2.24, 2.45) is 0 Å². The second-order valence-electron chi connectivity index (χ2n) is 6.88. The maximum atomic E-state index is 2.27. The van der Waals surface area contributed by atoms with Crippen LogP contribution in [0, 0.1) is 0 Å². The first-order valence-corrected chi connectivity index (χ1v) is 12.9. The Bertz CT molecular complexity index is 981. The van der Waals surface area contributed by atoms with Crippen molar-refractivity contribution in [3.63, 3.8) is 0 Å². The van der Waals surface area contributed by atoms with E-state index in [1.54, 1.807) is 14.4 Å². The largest absolute Gasteiger partial charge is 0.0622 e. The van der Waals surface area contributed by atoms with Gasteiger partial charge in [-0.25, -0.2) is 0 Å². The molecule has 152 valence electrons. The SMILES string of the molecule is [CH3][Ni][CH]1C=Cc2ccccc21.c1ccc(P(c2ccccc2)c2ccccc2)cc1. The van der Waals surface area contributed by atoms with Gasteiger partial charge in [-0.3, -0.25) is 0 Å². The third-order valence-corrected chi connectivity index (χ3v) is 8.50. The Balaban J connectivity index is 0.000000168. The van der Waals surface area contributed by atoms with E-state index >= 15 is 0 Å². The van der Waals surface area contributed by atoms with E-state index in [4.69, 9.17) is 0 Å². The molecule has 0 amide bonds. The van der Waals surface area contributed by atoms with Crippen LogP contribution in [0.3, 0.4) is 0 Å². The zero-order chi connectivity index (χ0) is 20.6. The van der Waals surface area contributed by atoms with E-state index in [2.05, 4.69) is 133 Å². The molecule has 5 rings (SSSR count). The molecular weight excluding hydrogens is 426 g/mol. The fourth-order valence-corrected chi connectivity index (χ4v) is 6.68. The van der Waals surface area contributed by atoms with Crippen molar-refractivity contribution in [2.45, 2.75) is 10.8 Å². The summed E-state index contributed by atoms with van der Waals surface area (Å²) in [6, 6.07) is 40.9. The topological polar surface area (TPSA) is 0 Å². The van der Waals surface area contributed by atoms with Crippen LogP contribution in [0.2, 0.25) is 5.89 Å². The molecular formula is C28H25NiP. The van der Waals surface area contributed by atoms with Crippen LogP contribution in [0.4, 0.5) is 0 Å². The summed E-state index contributed by atoms with van der Waals surface area (Å²) < 4.78 is 0. The first-order valence-electron chi connectivity index (χ1n) is 9.97. The van der Waals surface area contributed by atoms with E-state index in [9.17, 15) is 0 Å². The van der Waals surface area contributed by atoms with Crippen molar-refractivity contribution < 1.29 is 14.4 Å². The molecule has 1 aliphatic carbocycles. The number of fused-ring (bicyclic) bond motifs is 1. The average molecular weight is 451 g/mol. The summed E-state index contributed by atoms with van der Waals surface area (Å²) >= 11 is 1.72. The van der Waals surface area contributed by atoms with Gasteiger partial charge in [-0.05, 0) is 23.8 Å². The summed E-state index contributed by atoms with van der Waals surface area (Å²) in [5, 5.41) is 4.19. The van der Waals surface area contributed by atoms with Crippen molar-refractivity contribution in [1.29, 1.82) is 0 Å². The fraction of sp³-hybridized carbons (Fsp3) is 0.0714. The number of allylic oxidation sites excluding steroid dienone is 1. The molecule has 0 nitrogen and oxygen atoms in total. The predicted octanol–water partition coefficient (Wildman–Crippen LogP) is 6.33. The molecule has 0 N–H and O–H groups in total. The Hall–Kier alpha value is -2.46. The molecule has 0 aliphatic heterocycles. The van der Waals surface area contributed by atoms with Crippen molar-refractivity contribution >= 4 is 29.9 Å². The predicted molar refractivity (Wildman–Crippen MR) is 129 cm³/mol. The van der Waals surface area contributed by atoms with Gasteiger partial charge in [0.1, 0.15) is 0 Å². The Kier molecular flexibility index (Phi) is 7.31. The van der Waals surface area contributed by atoms with Crippen LogP contribution in [0.5, 0.6) is 0 Å². The Morgan fingerprint density at radius 2 is 1.00 bits per heavy atom. The molecule has 1 aliphatic rings. The molecule has 0 saturated heterocycles. The van der Waals surface area contributed by atoms with Gasteiger partial charge < -0.3 is 0 Å². The summed E-state index contributed by atoms with van der Waals surface area (Å²) in [5.74, 6) is 2.17. The monoisotopic (exact) mass is 450 g/mol. The van der Waals surface area contributed by atoms with Gasteiger partial charge in [0.15, 0.2) is 0 Å². The second-order valence-corrected chi connectivity index (χ2v) is 10.3. The summed E-state index contributed by atoms with van der Waals surface area (Å²) in [4.78, 5) is 0.610. The molecule has 1 atom stereocenters. The second kappa shape index (κ2) is 10.5. The molecule has 0 heterocycles. The van der Waals surface area contributed by atoms with E-state index in [1.165, 1.54) is 27.0 Å². The van der Waals surface area contributed by atoms with Gasteiger partial charge in [-0.15, -0.1) is 0 Å². The minimum Gasteiger partial charge on any atom is -0.0622 e. The van der Waals surface area contributed by atoms with Crippen LogP contribution in [-0.2, 0) is 14.4 Å². The molecule has 2 heteroatoms. The van der Waals surface area contributed by atoms with Crippen LogP contribution in [-0.4, -0.2) is 0 Å². The van der Waals surface area contributed by atoms with Crippen molar-refractivity contribution in [3.8, 4) is 0 Å². The Morgan fingerprint density at radius 3 is 1.47 bits per heavy atom. The molecule has 0 saturated carbocycles. The summed E-state index contributed by atoms with van der Waals surface area (Å²) in [6.45, 7) is 0. The number of hydrogen-bond acceptors (Lipinski definition) is 0. The summed E-state index contributed by atoms with van der Waals surface area (Å²) in [7, 11) is -0.446. The third-order valence-electron chi connectivity index (χ3n) is 4.95. The van der Waals surface area contributed by atoms with Crippen molar-refractivity contribution in [2.75, 3.05) is 0 Å². The van der Waals surface area contributed by atoms with Gasteiger partial charge in [0.05, 0.1) is 0 Å². The van der Waals surface area contributed by atoms with E-state index < -0.39 is 7.92 Å². The van der Waals surface area contributed by atoms with E-state index in [0.717, 1.165) is 0 Å². The van der Waals surface area contributed by atoms with Gasteiger partial charge in [0.25, 0.3) is 0 Å². The van der Waals surface area contributed by atoms with Gasteiger partial charge in [0.2, 0.25) is 0 Å². The molecule has 4 aromatic carbocycles. The standard InChI is InChI=1S/C18H15P.C9H7.CH3.Ni/c1-4-10-16(11-5-1)19(17-12-6-2-7-13-17)18-14-8-3-9-15-18;1-2-5-9-7-3-6-8(9)4-1;;/h1-15H;1-7H;1H3;. The zero-order valence-electron chi connectivity index (χ0n) is 17.0. The van der Waals surface area contributed by atoms with Crippen molar-refractivity contribution in [3.05, 3.63) is 132 Å². The number of benzene rings is 4. The number of hydrogen-bond donors (Lipinski definition) is 0. The van der Waals surface area contributed by atoms with Gasteiger partial charge in [0, 0.05) is 0 Å². The minimum absolute atomic E-state index is 0.446. The smallest absolute Gasteiger partial charge is 0.0134 e. The minimum atomic E-state index is -0.446. The normalized spacial score (nSPS) is 14.3. The van der Waals surface area contributed by atoms with Crippen LogP contribution in [0.15, 0.2) is 121 Å². The quantitative estimate of drug-likeness (QED) is 0.251. The molecule has 30 heavy (non-hydrogen) atoms. The molecule has 0 spiro atoms. The van der Waals surface area contributed by atoms with Crippen LogP contribution < -0.4 is 15.9 Å². The maximum absolute atomic E-state index is 2.27. The maximum Gasteiger partial charge on any atom is -0.0134 e. The first-order chi connectivity index (χ1) is 14.9. The molecule has 0 fully saturated rings. The molecule has 0 aromatic heterocycles. The Morgan fingerprint density at radius 1 is 0.567 bits per heavy atom. The third kappa shape index (κ3) is 4.99. The van der Waals surface area contributed by atoms with Gasteiger partial charge in [-0.1, -0.05) is 91.0 Å². The molecule has 1 unspecified atom stereocenters. The van der Waals surface area contributed by atoms with Gasteiger partial charge in [-0.2, -0.15) is 0 Å². The summed E-state index contributed by atoms with van der Waals surface area (Å²) in [6.07, 6.45) is 4.48. The average Bonchev–Trinajstić information content (AvgIpc) is 3.25. The van der Waals surface area contributed by atoms with Crippen LogP contribution >= 0.6 is 7.92 Å². The summed E-state index contributed by atoms with van der Waals surface area (Å²) in [5.41, 5.74) is 2.85. The van der Waals surface area contributed by atoms with E-state index in [-0.39, 0.29) is 0 Å². The van der Waals surface area contributed by atoms with Gasteiger partial charge >= 0.3 is 72.8 Å². The van der Waals surface area contributed by atoms with E-state index in [1.807, 2.05) is 0 Å². The first kappa shape index (κ1) is 20.8. The van der Waals surface area contributed by atoms with Crippen LogP contribution in [0.1, 0.15) is 16.0 Å².